The molecule has 2 N–H and O–H groups in total. The molecule has 0 aromatic heterocycles. The highest BCUT2D eigenvalue weighted by Crippen LogP contribution is 2.35. The standard InChI is InChI=1S/C10H9ClF3NO2/c1-17-9(16)8(15)5-2-3-7(11)6(4-5)10(12,13)14/h2-4,8H,15H2,1H3/t8-/m0/s1. The van der Waals surface area contributed by atoms with Gasteiger partial charge in [0.1, 0.15) is 6.04 Å². The molecule has 0 amide bonds. The maximum atomic E-state index is 12.5. The molecule has 3 nitrogen and oxygen atoms in total. The maximum absolute atomic E-state index is 12.5. The topological polar surface area (TPSA) is 52.3 Å². The molecule has 0 aliphatic carbocycles. The van der Waals surface area contributed by atoms with E-state index in [1.807, 2.05) is 0 Å². The van der Waals surface area contributed by atoms with E-state index in [-0.39, 0.29) is 5.56 Å². The van der Waals surface area contributed by atoms with E-state index in [1.54, 1.807) is 0 Å². The summed E-state index contributed by atoms with van der Waals surface area (Å²) in [5.41, 5.74) is 4.39. The van der Waals surface area contributed by atoms with Crippen molar-refractivity contribution in [2.75, 3.05) is 7.11 Å². The molecule has 0 aliphatic heterocycles. The lowest BCUT2D eigenvalue weighted by atomic mass is 10.0. The Bertz CT molecular complexity index is 434. The van der Waals surface area contributed by atoms with Crippen LogP contribution in [-0.2, 0) is 15.7 Å². The van der Waals surface area contributed by atoms with Crippen LogP contribution in [-0.4, -0.2) is 13.1 Å². The molecule has 0 saturated carbocycles. The van der Waals surface area contributed by atoms with E-state index in [4.69, 9.17) is 17.3 Å². The Morgan fingerprint density at radius 2 is 2.06 bits per heavy atom. The minimum atomic E-state index is -4.59. The fourth-order valence-electron chi connectivity index (χ4n) is 1.22. The lowest BCUT2D eigenvalue weighted by Gasteiger charge is -2.14. The number of benzene rings is 1. The Morgan fingerprint density at radius 3 is 2.53 bits per heavy atom. The normalized spacial score (nSPS) is 13.3. The Labute approximate surface area is 100 Å². The third-order valence-corrected chi connectivity index (χ3v) is 2.44. The minimum absolute atomic E-state index is 0.00595. The number of halogens is 4. The third kappa shape index (κ3) is 3.10. The molecule has 0 unspecified atom stereocenters. The van der Waals surface area contributed by atoms with Crippen LogP contribution in [0.5, 0.6) is 0 Å². The molecule has 1 aromatic carbocycles. The Hall–Kier alpha value is -1.27. The summed E-state index contributed by atoms with van der Waals surface area (Å²) in [6.45, 7) is 0. The van der Waals surface area contributed by atoms with Gasteiger partial charge in [-0.05, 0) is 17.7 Å². The van der Waals surface area contributed by atoms with Crippen LogP contribution >= 0.6 is 11.6 Å². The average molecular weight is 268 g/mol. The molecule has 7 heteroatoms. The lowest BCUT2D eigenvalue weighted by molar-refractivity contribution is -0.142. The minimum Gasteiger partial charge on any atom is -0.468 e. The van der Waals surface area contributed by atoms with Crippen LogP contribution < -0.4 is 5.73 Å². The highest BCUT2D eigenvalue weighted by atomic mass is 35.5. The van der Waals surface area contributed by atoms with Crippen LogP contribution in [0.4, 0.5) is 13.2 Å². The second kappa shape index (κ2) is 4.93. The van der Waals surface area contributed by atoms with Gasteiger partial charge < -0.3 is 10.5 Å². The van der Waals surface area contributed by atoms with E-state index in [9.17, 15) is 18.0 Å². The van der Waals surface area contributed by atoms with Crippen LogP contribution in [0.15, 0.2) is 18.2 Å². The third-order valence-electron chi connectivity index (χ3n) is 2.11. The molecule has 0 spiro atoms. The second-order valence-corrected chi connectivity index (χ2v) is 3.65. The summed E-state index contributed by atoms with van der Waals surface area (Å²) in [6.07, 6.45) is -4.59. The van der Waals surface area contributed by atoms with E-state index in [2.05, 4.69) is 4.74 Å². The van der Waals surface area contributed by atoms with Crippen LogP contribution in [0.25, 0.3) is 0 Å². The molecule has 0 radical (unpaired) electrons. The van der Waals surface area contributed by atoms with Crippen molar-refractivity contribution in [1.82, 2.24) is 0 Å². The van der Waals surface area contributed by atoms with Gasteiger partial charge in [-0.25, -0.2) is 0 Å². The number of esters is 1. The zero-order valence-electron chi connectivity index (χ0n) is 8.72. The molecule has 1 atom stereocenters. The summed E-state index contributed by atoms with van der Waals surface area (Å²) >= 11 is 5.42. The van der Waals surface area contributed by atoms with Gasteiger partial charge in [0.25, 0.3) is 0 Å². The van der Waals surface area contributed by atoms with Crippen LogP contribution in [0, 0.1) is 0 Å². The number of nitrogens with two attached hydrogens (primary N) is 1. The highest BCUT2D eigenvalue weighted by molar-refractivity contribution is 6.31. The molecule has 0 bridgehead atoms. The molecule has 0 aliphatic rings. The zero-order valence-corrected chi connectivity index (χ0v) is 9.47. The SMILES string of the molecule is COC(=O)[C@@H](N)c1ccc(Cl)c(C(F)(F)F)c1. The first-order chi connectivity index (χ1) is 7.77. The van der Waals surface area contributed by atoms with Crippen molar-refractivity contribution in [3.05, 3.63) is 34.3 Å². The summed E-state index contributed by atoms with van der Waals surface area (Å²) in [6, 6.07) is 1.77. The second-order valence-electron chi connectivity index (χ2n) is 3.24. The molecular weight excluding hydrogens is 259 g/mol. The zero-order chi connectivity index (χ0) is 13.2. The van der Waals surface area contributed by atoms with Gasteiger partial charge >= 0.3 is 12.1 Å². The summed E-state index contributed by atoms with van der Waals surface area (Å²) < 4.78 is 41.9. The van der Waals surface area contributed by atoms with Crippen LogP contribution in [0.2, 0.25) is 5.02 Å². The quantitative estimate of drug-likeness (QED) is 0.838. The summed E-state index contributed by atoms with van der Waals surface area (Å²) in [4.78, 5) is 11.1. The van der Waals surface area contributed by atoms with Crippen molar-refractivity contribution >= 4 is 17.6 Å². The van der Waals surface area contributed by atoms with Gasteiger partial charge in [0.2, 0.25) is 0 Å². The van der Waals surface area contributed by atoms with Gasteiger partial charge in [-0.2, -0.15) is 13.2 Å². The lowest BCUT2D eigenvalue weighted by Crippen LogP contribution is -2.23. The van der Waals surface area contributed by atoms with Gasteiger partial charge in [0.15, 0.2) is 0 Å². The fourth-order valence-corrected chi connectivity index (χ4v) is 1.44. The number of alkyl halides is 3. The van der Waals surface area contributed by atoms with Gasteiger partial charge in [-0.15, -0.1) is 0 Å². The molecule has 94 valence electrons. The van der Waals surface area contributed by atoms with E-state index in [0.29, 0.717) is 0 Å². The molecule has 0 saturated heterocycles. The van der Waals surface area contributed by atoms with Gasteiger partial charge in [0.05, 0.1) is 17.7 Å². The maximum Gasteiger partial charge on any atom is 0.417 e. The van der Waals surface area contributed by atoms with Gasteiger partial charge in [0, 0.05) is 0 Å². The molecule has 1 aromatic rings. The number of hydrogen-bond acceptors (Lipinski definition) is 3. The van der Waals surface area contributed by atoms with Crippen molar-refractivity contribution in [3.63, 3.8) is 0 Å². The molecule has 0 fully saturated rings. The van der Waals surface area contributed by atoms with Crippen molar-refractivity contribution in [2.45, 2.75) is 12.2 Å². The highest BCUT2D eigenvalue weighted by Gasteiger charge is 2.34. The Balaban J connectivity index is 3.17. The monoisotopic (exact) mass is 267 g/mol. The number of ether oxygens (including phenoxy) is 1. The Kier molecular flexibility index (Phi) is 4.00. The van der Waals surface area contributed by atoms with E-state index in [1.165, 1.54) is 6.07 Å². The van der Waals surface area contributed by atoms with E-state index in [0.717, 1.165) is 19.2 Å². The fraction of sp³-hybridized carbons (Fsp3) is 0.300. The number of carbonyl (C=O) groups is 1. The first kappa shape index (κ1) is 13.8. The molecule has 17 heavy (non-hydrogen) atoms. The number of rotatable bonds is 2. The Morgan fingerprint density at radius 1 is 1.47 bits per heavy atom. The van der Waals surface area contributed by atoms with E-state index >= 15 is 0 Å². The van der Waals surface area contributed by atoms with Crippen molar-refractivity contribution < 1.29 is 22.7 Å². The van der Waals surface area contributed by atoms with Crippen LogP contribution in [0.3, 0.4) is 0 Å². The van der Waals surface area contributed by atoms with Crippen molar-refractivity contribution in [3.8, 4) is 0 Å². The van der Waals surface area contributed by atoms with Crippen molar-refractivity contribution in [2.24, 2.45) is 5.73 Å². The number of methoxy groups -OCH3 is 1. The molecule has 1 rings (SSSR count). The average Bonchev–Trinajstić information content (AvgIpc) is 2.26. The largest absolute Gasteiger partial charge is 0.468 e. The number of carbonyl (C=O) groups excluding carboxylic acids is 1. The van der Waals surface area contributed by atoms with Crippen molar-refractivity contribution in [1.29, 1.82) is 0 Å². The summed E-state index contributed by atoms with van der Waals surface area (Å²) in [5, 5.41) is -0.446. The molecular formula is C10H9ClF3NO2. The summed E-state index contributed by atoms with van der Waals surface area (Å²) in [7, 11) is 1.10. The first-order valence-electron chi connectivity index (χ1n) is 4.47. The number of hydrogen-bond donors (Lipinski definition) is 1. The first-order valence-corrected chi connectivity index (χ1v) is 4.85. The van der Waals surface area contributed by atoms with Gasteiger partial charge in [-0.1, -0.05) is 17.7 Å². The molecule has 0 heterocycles. The smallest absolute Gasteiger partial charge is 0.417 e. The van der Waals surface area contributed by atoms with E-state index < -0.39 is 28.8 Å². The van der Waals surface area contributed by atoms with Gasteiger partial charge in [-0.3, -0.25) is 4.79 Å². The predicted octanol–water partition coefficient (Wildman–Crippen LogP) is 2.53. The summed E-state index contributed by atoms with van der Waals surface area (Å²) in [5.74, 6) is -0.819. The predicted molar refractivity (Wildman–Crippen MR) is 55.4 cm³/mol. The van der Waals surface area contributed by atoms with Crippen LogP contribution in [0.1, 0.15) is 17.2 Å².